The number of carbonyl (C=O) groups is 4. The third kappa shape index (κ3) is 4.61. The molecule has 0 saturated carbocycles. The van der Waals surface area contributed by atoms with E-state index in [4.69, 9.17) is 5.73 Å². The van der Waals surface area contributed by atoms with Crippen molar-refractivity contribution in [1.82, 2.24) is 25.5 Å². The van der Waals surface area contributed by atoms with Crippen LogP contribution < -0.4 is 16.4 Å². The summed E-state index contributed by atoms with van der Waals surface area (Å²) in [7, 11) is 0. The van der Waals surface area contributed by atoms with Gasteiger partial charge in [0.15, 0.2) is 0 Å². The molecule has 3 heterocycles. The zero-order valence-corrected chi connectivity index (χ0v) is 18.1. The van der Waals surface area contributed by atoms with Crippen molar-refractivity contribution in [2.45, 2.75) is 68.2 Å². The molecule has 2 fully saturated rings. The van der Waals surface area contributed by atoms with E-state index in [0.29, 0.717) is 25.1 Å². The van der Waals surface area contributed by atoms with E-state index in [1.165, 1.54) is 23.0 Å². The van der Waals surface area contributed by atoms with E-state index in [2.05, 4.69) is 20.6 Å². The molecular weight excluding hydrogens is 408 g/mol. The monoisotopic (exact) mass is 436 g/mol. The van der Waals surface area contributed by atoms with Gasteiger partial charge in [0.05, 0.1) is 11.6 Å². The van der Waals surface area contributed by atoms with Crippen LogP contribution in [0.5, 0.6) is 0 Å². The van der Waals surface area contributed by atoms with Gasteiger partial charge in [-0.3, -0.25) is 19.2 Å². The van der Waals surface area contributed by atoms with Crippen molar-refractivity contribution in [1.29, 1.82) is 0 Å². The summed E-state index contributed by atoms with van der Waals surface area (Å²) in [4.78, 5) is 58.6. The number of imidazole rings is 1. The third-order valence-corrected chi connectivity index (χ3v) is 6.96. The molecule has 2 unspecified atom stereocenters. The number of primary amides is 1. The summed E-state index contributed by atoms with van der Waals surface area (Å²) in [5, 5.41) is 5.29. The van der Waals surface area contributed by atoms with E-state index >= 15 is 0 Å². The lowest BCUT2D eigenvalue weighted by Gasteiger charge is -2.40. The van der Waals surface area contributed by atoms with Gasteiger partial charge in [0.25, 0.3) is 0 Å². The molecular formula is C19H28N6O4S. The minimum atomic E-state index is -0.921. The van der Waals surface area contributed by atoms with Crippen LogP contribution in [0.25, 0.3) is 0 Å². The summed E-state index contributed by atoms with van der Waals surface area (Å²) in [6.45, 7) is 5.96. The maximum atomic E-state index is 13.3. The molecule has 11 heteroatoms. The van der Waals surface area contributed by atoms with Crippen molar-refractivity contribution in [3.63, 3.8) is 0 Å². The smallest absolute Gasteiger partial charge is 0.246 e. The van der Waals surface area contributed by atoms with Gasteiger partial charge in [-0.1, -0.05) is 0 Å². The number of aromatic amines is 1. The number of H-pyrrole nitrogens is 1. The Labute approximate surface area is 179 Å². The van der Waals surface area contributed by atoms with E-state index in [-0.39, 0.29) is 23.5 Å². The van der Waals surface area contributed by atoms with Gasteiger partial charge < -0.3 is 26.3 Å². The van der Waals surface area contributed by atoms with Crippen LogP contribution in [-0.2, 0) is 25.6 Å². The van der Waals surface area contributed by atoms with Gasteiger partial charge >= 0.3 is 0 Å². The topological polar surface area (TPSA) is 150 Å². The highest BCUT2D eigenvalue weighted by Gasteiger charge is 2.45. The van der Waals surface area contributed by atoms with Crippen LogP contribution in [0.4, 0.5) is 0 Å². The molecule has 5 N–H and O–H groups in total. The molecule has 0 aliphatic carbocycles. The number of thioether (sulfide) groups is 1. The normalized spacial score (nSPS) is 26.7. The average Bonchev–Trinajstić information content (AvgIpc) is 3.34. The first kappa shape index (κ1) is 22.1. The first-order chi connectivity index (χ1) is 14.1. The first-order valence-corrected chi connectivity index (χ1v) is 10.8. The summed E-state index contributed by atoms with van der Waals surface area (Å²) >= 11 is 1.41. The molecule has 3 rings (SSSR count). The molecule has 4 amide bonds. The molecule has 0 bridgehead atoms. The number of nitrogens with zero attached hydrogens (tertiary/aromatic N) is 2. The molecule has 0 radical (unpaired) electrons. The van der Waals surface area contributed by atoms with Crippen LogP contribution in [0.3, 0.4) is 0 Å². The third-order valence-electron chi connectivity index (χ3n) is 5.55. The van der Waals surface area contributed by atoms with Crippen molar-refractivity contribution in [2.75, 3.05) is 6.54 Å². The minimum absolute atomic E-state index is 0.178. The van der Waals surface area contributed by atoms with Crippen LogP contribution in [-0.4, -0.2) is 73.2 Å². The lowest BCUT2D eigenvalue weighted by atomic mass is 10.00. The molecule has 1 aromatic heterocycles. The molecule has 1 aromatic rings. The van der Waals surface area contributed by atoms with Crippen LogP contribution in [0.2, 0.25) is 0 Å². The van der Waals surface area contributed by atoms with Gasteiger partial charge in [0, 0.05) is 29.6 Å². The Morgan fingerprint density at radius 3 is 2.80 bits per heavy atom. The van der Waals surface area contributed by atoms with E-state index in [0.717, 1.165) is 0 Å². The second kappa shape index (κ2) is 8.66. The highest BCUT2D eigenvalue weighted by molar-refractivity contribution is 8.02. The second-order valence-electron chi connectivity index (χ2n) is 8.24. The molecule has 2 saturated heterocycles. The number of hydrogen-bond acceptors (Lipinski definition) is 6. The zero-order chi connectivity index (χ0) is 22.1. The SMILES string of the molecule is CC1SC(C)(C)C(C(=O)N[C@@H](Cc2cnc[nH]2)C(=O)N2CCC[C@H]2C(N)=O)NC1=O. The van der Waals surface area contributed by atoms with Crippen LogP contribution >= 0.6 is 11.8 Å². The number of nitrogens with one attached hydrogen (secondary N) is 3. The van der Waals surface area contributed by atoms with E-state index in [1.54, 1.807) is 13.1 Å². The van der Waals surface area contributed by atoms with Crippen molar-refractivity contribution >= 4 is 35.4 Å². The highest BCUT2D eigenvalue weighted by atomic mass is 32.2. The number of carbonyl (C=O) groups excluding carboxylic acids is 4. The maximum absolute atomic E-state index is 13.3. The van der Waals surface area contributed by atoms with Gasteiger partial charge in [-0.15, -0.1) is 11.8 Å². The van der Waals surface area contributed by atoms with Crippen molar-refractivity contribution in [3.8, 4) is 0 Å². The Bertz CT molecular complexity index is 827. The predicted molar refractivity (Wildman–Crippen MR) is 111 cm³/mol. The minimum Gasteiger partial charge on any atom is -0.368 e. The standard InChI is InChI=1S/C19H28N6O4S/c1-10-16(27)24-14(19(2,3)30-10)17(28)23-12(7-11-8-21-9-22-11)18(29)25-6-4-5-13(25)15(20)26/h8-10,12-14H,4-7H2,1-3H3,(H2,20,26)(H,21,22)(H,23,28)(H,24,27)/t10?,12-,13-,14?/m0/s1. The first-order valence-electron chi connectivity index (χ1n) is 9.95. The number of likely N-dealkylation sites (tertiary alicyclic amines) is 1. The van der Waals surface area contributed by atoms with Gasteiger partial charge in [-0.25, -0.2) is 4.98 Å². The van der Waals surface area contributed by atoms with Gasteiger partial charge in [-0.05, 0) is 33.6 Å². The van der Waals surface area contributed by atoms with Gasteiger partial charge in [-0.2, -0.15) is 0 Å². The number of aromatic nitrogens is 2. The summed E-state index contributed by atoms with van der Waals surface area (Å²) in [6.07, 6.45) is 4.42. The lowest BCUT2D eigenvalue weighted by molar-refractivity contribution is -0.141. The molecule has 4 atom stereocenters. The van der Waals surface area contributed by atoms with E-state index in [1.807, 2.05) is 13.8 Å². The molecule has 0 spiro atoms. The fraction of sp³-hybridized carbons (Fsp3) is 0.632. The van der Waals surface area contributed by atoms with Crippen LogP contribution in [0.1, 0.15) is 39.3 Å². The predicted octanol–water partition coefficient (Wildman–Crippen LogP) is -0.688. The Morgan fingerprint density at radius 1 is 1.43 bits per heavy atom. The second-order valence-corrected chi connectivity index (χ2v) is 10.2. The zero-order valence-electron chi connectivity index (χ0n) is 17.3. The largest absolute Gasteiger partial charge is 0.368 e. The fourth-order valence-electron chi connectivity index (χ4n) is 3.99. The Morgan fingerprint density at radius 2 is 2.17 bits per heavy atom. The van der Waals surface area contributed by atoms with E-state index in [9.17, 15) is 19.2 Å². The summed E-state index contributed by atoms with van der Waals surface area (Å²) in [5.41, 5.74) is 6.12. The summed E-state index contributed by atoms with van der Waals surface area (Å²) in [5.74, 6) is -1.59. The molecule has 0 aromatic carbocycles. The van der Waals surface area contributed by atoms with Crippen molar-refractivity contribution in [3.05, 3.63) is 18.2 Å². The highest BCUT2D eigenvalue weighted by Crippen LogP contribution is 2.36. The van der Waals surface area contributed by atoms with Crippen molar-refractivity contribution < 1.29 is 19.2 Å². The number of amides is 4. The van der Waals surface area contributed by atoms with Gasteiger partial charge in [0.2, 0.25) is 23.6 Å². The van der Waals surface area contributed by atoms with Crippen LogP contribution in [0.15, 0.2) is 12.5 Å². The number of nitrogens with two attached hydrogens (primary N) is 1. The Kier molecular flexibility index (Phi) is 6.39. The molecule has 164 valence electrons. The Hall–Kier alpha value is -2.56. The quantitative estimate of drug-likeness (QED) is 0.464. The average molecular weight is 437 g/mol. The number of rotatable bonds is 6. The molecule has 2 aliphatic rings. The van der Waals surface area contributed by atoms with E-state index < -0.39 is 34.7 Å². The Balaban J connectivity index is 1.80. The molecule has 10 nitrogen and oxygen atoms in total. The summed E-state index contributed by atoms with van der Waals surface area (Å²) in [6, 6.07) is -2.40. The van der Waals surface area contributed by atoms with Crippen molar-refractivity contribution in [2.24, 2.45) is 5.73 Å². The molecule has 2 aliphatic heterocycles. The lowest BCUT2D eigenvalue weighted by Crippen LogP contribution is -2.64. The maximum Gasteiger partial charge on any atom is 0.246 e. The van der Waals surface area contributed by atoms with Gasteiger partial charge in [0.1, 0.15) is 18.1 Å². The number of hydrogen-bond donors (Lipinski definition) is 4. The van der Waals surface area contributed by atoms with Crippen LogP contribution in [0, 0.1) is 0 Å². The molecule has 30 heavy (non-hydrogen) atoms. The fourth-order valence-corrected chi connectivity index (χ4v) is 5.38. The summed E-state index contributed by atoms with van der Waals surface area (Å²) < 4.78 is -0.553.